The van der Waals surface area contributed by atoms with E-state index < -0.39 is 0 Å². The number of para-hydroxylation sites is 2. The molecule has 0 atom stereocenters. The summed E-state index contributed by atoms with van der Waals surface area (Å²) in [6.07, 6.45) is 0. The molecule has 270 valence electrons. The molecule has 0 radical (unpaired) electrons. The van der Waals surface area contributed by atoms with Crippen molar-refractivity contribution in [3.63, 3.8) is 0 Å². The van der Waals surface area contributed by atoms with Gasteiger partial charge in [0.25, 0.3) is 0 Å². The molecule has 0 spiro atoms. The van der Waals surface area contributed by atoms with Crippen LogP contribution in [0.2, 0.25) is 0 Å². The minimum atomic E-state index is 0.584. The molecule has 0 amide bonds. The second-order valence-corrected chi connectivity index (χ2v) is 14.0. The third-order valence-electron chi connectivity index (χ3n) is 10.5. The molecule has 9 aromatic carbocycles. The predicted molar refractivity (Wildman–Crippen MR) is 237 cm³/mol. The summed E-state index contributed by atoms with van der Waals surface area (Å²) in [6, 6.07) is 78.6. The molecular weight excluding hydrogens is 695 g/mol. The van der Waals surface area contributed by atoms with Crippen molar-refractivity contribution >= 4 is 56.0 Å². The maximum Gasteiger partial charge on any atom is 0.227 e. The summed E-state index contributed by atoms with van der Waals surface area (Å²) in [6.45, 7) is 0. The van der Waals surface area contributed by atoms with Crippen molar-refractivity contribution in [3.05, 3.63) is 224 Å². The lowest BCUT2D eigenvalue weighted by Crippen LogP contribution is -2.11. The van der Waals surface area contributed by atoms with Crippen LogP contribution in [0, 0.1) is 0 Å². The average molecular weight is 732 g/mol. The number of nitrogens with zero attached hydrogens (tertiary/aromatic N) is 3. The van der Waals surface area contributed by atoms with Crippen molar-refractivity contribution in [1.29, 1.82) is 0 Å². The molecule has 0 aliphatic rings. The Labute approximate surface area is 332 Å². The first-order valence-corrected chi connectivity index (χ1v) is 19.2. The van der Waals surface area contributed by atoms with Crippen LogP contribution in [0.3, 0.4) is 0 Å². The lowest BCUT2D eigenvalue weighted by molar-refractivity contribution is 0.623. The molecule has 0 saturated heterocycles. The second kappa shape index (κ2) is 14.9. The average Bonchev–Trinajstić information content (AvgIpc) is 3.75. The molecule has 0 unspecified atom stereocenters. The summed E-state index contributed by atoms with van der Waals surface area (Å²) < 4.78 is 6.78. The van der Waals surface area contributed by atoms with Gasteiger partial charge in [0, 0.05) is 39.4 Å². The fraction of sp³-hybridized carbons (Fsp3) is 0. The number of fused-ring (bicyclic) bond motifs is 3. The van der Waals surface area contributed by atoms with Crippen LogP contribution >= 0.6 is 0 Å². The Morgan fingerprint density at radius 1 is 0.333 bits per heavy atom. The molecule has 4 nitrogen and oxygen atoms in total. The normalized spacial score (nSPS) is 11.2. The van der Waals surface area contributed by atoms with Crippen LogP contribution in [-0.4, -0.2) is 4.98 Å². The Bertz CT molecular complexity index is 2910. The quantitative estimate of drug-likeness (QED) is 0.148. The summed E-state index contributed by atoms with van der Waals surface area (Å²) in [5.74, 6) is 0.584. The van der Waals surface area contributed by atoms with Crippen molar-refractivity contribution in [2.45, 2.75) is 0 Å². The summed E-state index contributed by atoms with van der Waals surface area (Å²) in [5, 5.41) is 2.03. The molecule has 0 bridgehead atoms. The molecule has 57 heavy (non-hydrogen) atoms. The van der Waals surface area contributed by atoms with Gasteiger partial charge in [0.15, 0.2) is 5.58 Å². The Morgan fingerprint density at radius 3 is 1.26 bits per heavy atom. The number of anilines is 6. The van der Waals surface area contributed by atoms with Crippen molar-refractivity contribution in [3.8, 4) is 33.7 Å². The largest absolute Gasteiger partial charge is 0.435 e. The zero-order valence-corrected chi connectivity index (χ0v) is 31.1. The van der Waals surface area contributed by atoms with Gasteiger partial charge >= 0.3 is 0 Å². The van der Waals surface area contributed by atoms with Gasteiger partial charge < -0.3 is 14.2 Å². The first-order valence-electron chi connectivity index (χ1n) is 19.2. The Morgan fingerprint density at radius 2 is 0.737 bits per heavy atom. The highest BCUT2D eigenvalue weighted by Gasteiger charge is 2.23. The van der Waals surface area contributed by atoms with E-state index >= 15 is 0 Å². The fourth-order valence-electron chi connectivity index (χ4n) is 7.68. The van der Waals surface area contributed by atoms with E-state index in [9.17, 15) is 0 Å². The van der Waals surface area contributed by atoms with Gasteiger partial charge in [-0.05, 0) is 113 Å². The minimum Gasteiger partial charge on any atom is -0.435 e. The van der Waals surface area contributed by atoms with E-state index in [0.717, 1.165) is 67.1 Å². The lowest BCUT2D eigenvalue weighted by atomic mass is 10.0. The molecule has 10 aromatic rings. The zero-order chi connectivity index (χ0) is 38.0. The molecule has 0 aliphatic carbocycles. The third-order valence-corrected chi connectivity index (χ3v) is 10.5. The standard InChI is InChI=1S/C53H37N3O/c1-6-16-38(17-7-1)40-26-30-46(31-27-40)55(44-22-12-4-13-23-44)48-34-35-49-43(36-48)37-50(51-52(49)57-53(54-51)42-20-10-3-11-21-42)56(45-24-14-5-15-25-45)47-32-28-41(29-33-47)39-18-8-2-9-19-39/h1-37H. The van der Waals surface area contributed by atoms with Crippen molar-refractivity contribution in [2.75, 3.05) is 9.80 Å². The maximum absolute atomic E-state index is 6.78. The van der Waals surface area contributed by atoms with E-state index in [-0.39, 0.29) is 0 Å². The topological polar surface area (TPSA) is 32.5 Å². The molecule has 10 rings (SSSR count). The van der Waals surface area contributed by atoms with Crippen LogP contribution in [0.15, 0.2) is 229 Å². The van der Waals surface area contributed by atoms with E-state index in [4.69, 9.17) is 9.40 Å². The van der Waals surface area contributed by atoms with Crippen LogP contribution in [0.25, 0.3) is 55.6 Å². The second-order valence-electron chi connectivity index (χ2n) is 14.0. The molecule has 0 saturated carbocycles. The number of hydrogen-bond donors (Lipinski definition) is 0. The number of oxazole rings is 1. The number of hydrogen-bond acceptors (Lipinski definition) is 4. The molecular formula is C53H37N3O. The van der Waals surface area contributed by atoms with Crippen molar-refractivity contribution in [2.24, 2.45) is 0 Å². The van der Waals surface area contributed by atoms with Gasteiger partial charge in [-0.15, -0.1) is 0 Å². The minimum absolute atomic E-state index is 0.584. The molecule has 1 heterocycles. The van der Waals surface area contributed by atoms with Gasteiger partial charge in [0.2, 0.25) is 5.89 Å². The zero-order valence-electron chi connectivity index (χ0n) is 31.1. The summed E-state index contributed by atoms with van der Waals surface area (Å²) >= 11 is 0. The highest BCUT2D eigenvalue weighted by molar-refractivity contribution is 6.12. The van der Waals surface area contributed by atoms with Crippen molar-refractivity contribution in [1.82, 2.24) is 4.98 Å². The van der Waals surface area contributed by atoms with E-state index in [0.29, 0.717) is 5.89 Å². The van der Waals surface area contributed by atoms with E-state index in [1.807, 2.05) is 36.4 Å². The molecule has 0 aliphatic heterocycles. The Balaban J connectivity index is 1.17. The highest BCUT2D eigenvalue weighted by atomic mass is 16.3. The van der Waals surface area contributed by atoms with E-state index in [1.54, 1.807) is 0 Å². The Hall–Kier alpha value is -7.69. The predicted octanol–water partition coefficient (Wildman–Crippen LogP) is 14.9. The molecule has 0 N–H and O–H groups in total. The number of rotatable bonds is 9. The first-order chi connectivity index (χ1) is 28.3. The summed E-state index contributed by atoms with van der Waals surface area (Å²) in [5.41, 5.74) is 13.3. The summed E-state index contributed by atoms with van der Waals surface area (Å²) in [7, 11) is 0. The lowest BCUT2D eigenvalue weighted by Gasteiger charge is -2.27. The molecule has 4 heteroatoms. The monoisotopic (exact) mass is 731 g/mol. The first kappa shape index (κ1) is 33.8. The maximum atomic E-state index is 6.78. The fourth-order valence-corrected chi connectivity index (χ4v) is 7.68. The van der Waals surface area contributed by atoms with Gasteiger partial charge in [-0.25, -0.2) is 4.98 Å². The van der Waals surface area contributed by atoms with Gasteiger partial charge in [-0.1, -0.05) is 140 Å². The number of benzene rings is 9. The SMILES string of the molecule is c1ccc(-c2ccc(N(c3ccccc3)c3ccc4c(c3)cc(N(c3ccccc3)c3ccc(-c5ccccc5)cc3)c3nc(-c5ccccc5)oc34)cc2)cc1. The number of aromatic nitrogens is 1. The van der Waals surface area contributed by atoms with Crippen molar-refractivity contribution < 1.29 is 4.42 Å². The molecule has 0 fully saturated rings. The van der Waals surface area contributed by atoms with Gasteiger partial charge in [0.1, 0.15) is 5.52 Å². The van der Waals surface area contributed by atoms with Crippen LogP contribution in [0.1, 0.15) is 0 Å². The molecule has 1 aromatic heterocycles. The Kier molecular flexibility index (Phi) is 8.82. The van der Waals surface area contributed by atoms with E-state index in [2.05, 4.69) is 198 Å². The van der Waals surface area contributed by atoms with Crippen LogP contribution in [0.4, 0.5) is 34.1 Å². The van der Waals surface area contributed by atoms with Gasteiger partial charge in [-0.3, -0.25) is 0 Å². The van der Waals surface area contributed by atoms with Crippen LogP contribution in [0.5, 0.6) is 0 Å². The van der Waals surface area contributed by atoms with Gasteiger partial charge in [0.05, 0.1) is 5.69 Å². The van der Waals surface area contributed by atoms with Crippen LogP contribution < -0.4 is 9.80 Å². The van der Waals surface area contributed by atoms with E-state index in [1.165, 1.54) is 16.7 Å². The van der Waals surface area contributed by atoms with Crippen LogP contribution in [-0.2, 0) is 0 Å². The third kappa shape index (κ3) is 6.60. The highest BCUT2D eigenvalue weighted by Crippen LogP contribution is 2.45. The smallest absolute Gasteiger partial charge is 0.227 e. The van der Waals surface area contributed by atoms with Gasteiger partial charge in [-0.2, -0.15) is 0 Å². The summed E-state index contributed by atoms with van der Waals surface area (Å²) in [4.78, 5) is 9.84.